The van der Waals surface area contributed by atoms with Crippen LogP contribution in [0.15, 0.2) is 16.6 Å². The summed E-state index contributed by atoms with van der Waals surface area (Å²) in [7, 11) is 3.22. The maximum atomic E-state index is 10.5. The Morgan fingerprint density at radius 2 is 2.05 bits per heavy atom. The Bertz CT molecular complexity index is 458. The summed E-state index contributed by atoms with van der Waals surface area (Å²) in [5.74, 6) is 1.36. The number of methoxy groups -OCH3 is 2. The van der Waals surface area contributed by atoms with Crippen LogP contribution < -0.4 is 9.47 Å². The normalized spacial score (nSPS) is 20.1. The Balaban J connectivity index is 2.04. The lowest BCUT2D eigenvalue weighted by atomic mass is 9.98. The monoisotopic (exact) mass is 358 g/mol. The van der Waals surface area contributed by atoms with Crippen molar-refractivity contribution in [2.45, 2.75) is 44.3 Å². The van der Waals surface area contributed by atoms with Crippen LogP contribution in [-0.2, 0) is 4.74 Å². The van der Waals surface area contributed by atoms with Gasteiger partial charge in [-0.1, -0.05) is 0 Å². The Morgan fingerprint density at radius 1 is 1.29 bits per heavy atom. The quantitative estimate of drug-likeness (QED) is 0.838. The molecule has 1 heterocycles. The van der Waals surface area contributed by atoms with Crippen LogP contribution in [0.1, 0.15) is 43.8 Å². The van der Waals surface area contributed by atoms with E-state index in [9.17, 15) is 5.11 Å². The first-order valence-electron chi connectivity index (χ1n) is 7.36. The summed E-state index contributed by atoms with van der Waals surface area (Å²) in [6.45, 7) is 0.843. The van der Waals surface area contributed by atoms with Crippen LogP contribution in [0.25, 0.3) is 0 Å². The number of ether oxygens (including phenoxy) is 3. The molecular weight excluding hydrogens is 336 g/mol. The third-order valence-corrected chi connectivity index (χ3v) is 4.52. The van der Waals surface area contributed by atoms with E-state index in [0.717, 1.165) is 35.9 Å². The number of halogens is 1. The summed E-state index contributed by atoms with van der Waals surface area (Å²) in [5.41, 5.74) is 0.758. The average Bonchev–Trinajstić information content (AvgIpc) is 2.53. The van der Waals surface area contributed by atoms with Gasteiger partial charge in [-0.2, -0.15) is 0 Å². The molecule has 4 nitrogen and oxygen atoms in total. The zero-order valence-electron chi connectivity index (χ0n) is 12.6. The highest BCUT2D eigenvalue weighted by molar-refractivity contribution is 9.10. The lowest BCUT2D eigenvalue weighted by Crippen LogP contribution is -2.19. The van der Waals surface area contributed by atoms with Gasteiger partial charge >= 0.3 is 0 Å². The van der Waals surface area contributed by atoms with Crippen molar-refractivity contribution < 1.29 is 19.3 Å². The zero-order chi connectivity index (χ0) is 15.2. The molecule has 1 aromatic rings. The Morgan fingerprint density at radius 3 is 2.67 bits per heavy atom. The summed E-state index contributed by atoms with van der Waals surface area (Å²) >= 11 is 3.43. The number of benzene rings is 1. The predicted molar refractivity (Wildman–Crippen MR) is 85.0 cm³/mol. The summed E-state index contributed by atoms with van der Waals surface area (Å²) < 4.78 is 17.2. The summed E-state index contributed by atoms with van der Waals surface area (Å²) in [6, 6.07) is 3.66. The molecule has 2 rings (SSSR count). The molecule has 2 unspecified atom stereocenters. The molecule has 118 valence electrons. The number of aliphatic hydroxyl groups is 1. The van der Waals surface area contributed by atoms with Crippen molar-refractivity contribution in [2.75, 3.05) is 20.8 Å². The first kappa shape index (κ1) is 16.6. The van der Waals surface area contributed by atoms with E-state index in [1.807, 2.05) is 12.1 Å². The molecule has 0 spiro atoms. The zero-order valence-corrected chi connectivity index (χ0v) is 14.2. The van der Waals surface area contributed by atoms with E-state index < -0.39 is 6.10 Å². The average molecular weight is 359 g/mol. The minimum atomic E-state index is -0.576. The fourth-order valence-electron chi connectivity index (χ4n) is 2.68. The van der Waals surface area contributed by atoms with Crippen LogP contribution in [0.3, 0.4) is 0 Å². The lowest BCUT2D eigenvalue weighted by Gasteiger charge is -2.24. The van der Waals surface area contributed by atoms with Crippen molar-refractivity contribution in [1.82, 2.24) is 0 Å². The van der Waals surface area contributed by atoms with Crippen LogP contribution in [-0.4, -0.2) is 32.0 Å². The lowest BCUT2D eigenvalue weighted by molar-refractivity contribution is 0.00197. The highest BCUT2D eigenvalue weighted by Gasteiger charge is 2.20. The molecule has 1 N–H and O–H groups in total. The molecular formula is C16H23BrO4. The Kier molecular flexibility index (Phi) is 6.33. The highest BCUT2D eigenvalue weighted by atomic mass is 79.9. The van der Waals surface area contributed by atoms with Crippen LogP contribution >= 0.6 is 15.9 Å². The fraction of sp³-hybridized carbons (Fsp3) is 0.625. The van der Waals surface area contributed by atoms with E-state index in [1.165, 1.54) is 6.42 Å². The molecule has 21 heavy (non-hydrogen) atoms. The number of rotatable bonds is 6. The Hall–Kier alpha value is -0.780. The minimum Gasteiger partial charge on any atom is -0.496 e. The summed E-state index contributed by atoms with van der Waals surface area (Å²) in [5, 5.41) is 10.5. The molecule has 0 aliphatic carbocycles. The second-order valence-corrected chi connectivity index (χ2v) is 6.16. The smallest absolute Gasteiger partial charge is 0.133 e. The van der Waals surface area contributed by atoms with Crippen molar-refractivity contribution in [1.29, 1.82) is 0 Å². The van der Waals surface area contributed by atoms with E-state index in [4.69, 9.17) is 14.2 Å². The van der Waals surface area contributed by atoms with Crippen LogP contribution in [0.5, 0.6) is 11.5 Å². The van der Waals surface area contributed by atoms with Gasteiger partial charge in [-0.25, -0.2) is 0 Å². The van der Waals surface area contributed by atoms with Gasteiger partial charge < -0.3 is 19.3 Å². The molecule has 0 amide bonds. The fourth-order valence-corrected chi connectivity index (χ4v) is 3.16. The summed E-state index contributed by atoms with van der Waals surface area (Å²) in [6.07, 6.45) is 4.68. The molecule has 0 radical (unpaired) electrons. The van der Waals surface area contributed by atoms with E-state index in [0.29, 0.717) is 17.9 Å². The predicted octanol–water partition coefficient (Wildman–Crippen LogP) is 3.85. The second-order valence-electron chi connectivity index (χ2n) is 5.31. The third kappa shape index (κ3) is 4.34. The minimum absolute atomic E-state index is 0.275. The molecule has 2 atom stereocenters. The van der Waals surface area contributed by atoms with Crippen molar-refractivity contribution in [3.05, 3.63) is 22.2 Å². The second kappa shape index (κ2) is 8.01. The number of hydrogen-bond donors (Lipinski definition) is 1. The standard InChI is InChI=1S/C16H23BrO4/c1-19-15-10-13(17)16(20-2)9-12(15)14(18)7-6-11-5-3-4-8-21-11/h9-11,14,18H,3-8H2,1-2H3. The largest absolute Gasteiger partial charge is 0.496 e. The van der Waals surface area contributed by atoms with Gasteiger partial charge in [0.2, 0.25) is 0 Å². The van der Waals surface area contributed by atoms with E-state index in [-0.39, 0.29) is 6.10 Å². The van der Waals surface area contributed by atoms with Crippen LogP contribution in [0.2, 0.25) is 0 Å². The van der Waals surface area contributed by atoms with E-state index >= 15 is 0 Å². The molecule has 0 saturated carbocycles. The molecule has 5 heteroatoms. The third-order valence-electron chi connectivity index (χ3n) is 3.90. The maximum absolute atomic E-state index is 10.5. The number of hydrogen-bond acceptors (Lipinski definition) is 4. The molecule has 1 aromatic carbocycles. The van der Waals surface area contributed by atoms with Crippen LogP contribution in [0, 0.1) is 0 Å². The van der Waals surface area contributed by atoms with Gasteiger partial charge in [0.1, 0.15) is 11.5 Å². The molecule has 1 saturated heterocycles. The number of aliphatic hydroxyl groups excluding tert-OH is 1. The Labute approximate surface area is 134 Å². The van der Waals surface area contributed by atoms with Gasteiger partial charge in [0, 0.05) is 12.2 Å². The van der Waals surface area contributed by atoms with E-state index in [1.54, 1.807) is 14.2 Å². The molecule has 0 bridgehead atoms. The molecule has 1 aliphatic rings. The van der Waals surface area contributed by atoms with Gasteiger partial charge in [0.05, 0.1) is 30.9 Å². The van der Waals surface area contributed by atoms with Gasteiger partial charge in [-0.05, 0) is 60.2 Å². The SMILES string of the molecule is COc1cc(C(O)CCC2CCCCO2)c(OC)cc1Br. The van der Waals surface area contributed by atoms with Crippen molar-refractivity contribution in [3.8, 4) is 11.5 Å². The first-order chi connectivity index (χ1) is 10.2. The van der Waals surface area contributed by atoms with Gasteiger partial charge in [0.15, 0.2) is 0 Å². The van der Waals surface area contributed by atoms with Crippen LogP contribution in [0.4, 0.5) is 0 Å². The molecule has 1 aliphatic heterocycles. The molecule has 1 fully saturated rings. The van der Waals surface area contributed by atoms with Gasteiger partial charge in [0.25, 0.3) is 0 Å². The van der Waals surface area contributed by atoms with Crippen molar-refractivity contribution in [3.63, 3.8) is 0 Å². The van der Waals surface area contributed by atoms with Crippen molar-refractivity contribution >= 4 is 15.9 Å². The van der Waals surface area contributed by atoms with Gasteiger partial charge in [-0.3, -0.25) is 0 Å². The maximum Gasteiger partial charge on any atom is 0.133 e. The summed E-state index contributed by atoms with van der Waals surface area (Å²) in [4.78, 5) is 0. The first-order valence-corrected chi connectivity index (χ1v) is 8.16. The molecule has 0 aromatic heterocycles. The highest BCUT2D eigenvalue weighted by Crippen LogP contribution is 2.37. The van der Waals surface area contributed by atoms with Crippen molar-refractivity contribution in [2.24, 2.45) is 0 Å². The topological polar surface area (TPSA) is 47.9 Å². The van der Waals surface area contributed by atoms with Gasteiger partial charge in [-0.15, -0.1) is 0 Å². The van der Waals surface area contributed by atoms with E-state index in [2.05, 4.69) is 15.9 Å².